The minimum absolute atomic E-state index is 0.0323. The summed E-state index contributed by atoms with van der Waals surface area (Å²) in [5, 5.41) is 30.6. The molecule has 2 heterocycles. The highest BCUT2D eigenvalue weighted by molar-refractivity contribution is 9.10. The standard InChI is InChI=1S/C33H28BBrN2O7/c1-33-25(30(40)37(32(33)42)19-7-3-2-4-8-19)16-23-21(28(33)24-15-18(35)10-13-26(24)38)11-12-22-27(23)31(41)36(29(22)39)20-9-5-6-17(14-20)34(43)44/h2-11,13-15,22-23,25,27-28,38,43-44H,12,16H2,1H3/t22-,23+,25-,27-,28+,33+/m0/s1. The van der Waals surface area contributed by atoms with E-state index in [4.69, 9.17) is 0 Å². The largest absolute Gasteiger partial charge is 0.508 e. The monoisotopic (exact) mass is 654 g/mol. The van der Waals surface area contributed by atoms with Gasteiger partial charge in [0.25, 0.3) is 0 Å². The Morgan fingerprint density at radius 1 is 0.841 bits per heavy atom. The second kappa shape index (κ2) is 10.3. The number of allylic oxidation sites excluding steroid dienone is 2. The van der Waals surface area contributed by atoms with E-state index >= 15 is 0 Å². The van der Waals surface area contributed by atoms with Crippen LogP contribution >= 0.6 is 15.9 Å². The van der Waals surface area contributed by atoms with Crippen LogP contribution < -0.4 is 15.3 Å². The van der Waals surface area contributed by atoms with Crippen molar-refractivity contribution in [2.24, 2.45) is 29.1 Å². The first-order valence-electron chi connectivity index (χ1n) is 14.5. The minimum Gasteiger partial charge on any atom is -0.508 e. The molecule has 3 fully saturated rings. The summed E-state index contributed by atoms with van der Waals surface area (Å²) in [5.74, 6) is -5.18. The average Bonchev–Trinajstić information content (AvgIpc) is 3.38. The molecular weight excluding hydrogens is 627 g/mol. The van der Waals surface area contributed by atoms with Crippen LogP contribution in [-0.2, 0) is 19.2 Å². The van der Waals surface area contributed by atoms with Gasteiger partial charge in [-0.05, 0) is 73.6 Å². The summed E-state index contributed by atoms with van der Waals surface area (Å²) >= 11 is 3.50. The van der Waals surface area contributed by atoms with Crippen LogP contribution in [0.3, 0.4) is 0 Å². The maximum Gasteiger partial charge on any atom is 0.488 e. The molecule has 7 rings (SSSR count). The number of anilines is 2. The van der Waals surface area contributed by atoms with Gasteiger partial charge in [-0.15, -0.1) is 0 Å². The number of phenols is 1. The fraction of sp³-hybridized carbons (Fsp3) is 0.273. The molecule has 0 radical (unpaired) electrons. The molecule has 2 aliphatic heterocycles. The van der Waals surface area contributed by atoms with Gasteiger partial charge >= 0.3 is 7.12 Å². The number of aromatic hydroxyl groups is 1. The Kier molecular flexibility index (Phi) is 6.69. The lowest BCUT2D eigenvalue weighted by Crippen LogP contribution is -2.49. The third-order valence-corrected chi connectivity index (χ3v) is 10.5. The summed E-state index contributed by atoms with van der Waals surface area (Å²) in [6.07, 6.45) is 2.35. The fourth-order valence-corrected chi connectivity index (χ4v) is 8.40. The van der Waals surface area contributed by atoms with Gasteiger partial charge in [0, 0.05) is 16.0 Å². The normalized spacial score (nSPS) is 29.4. The summed E-state index contributed by atoms with van der Waals surface area (Å²) in [6.45, 7) is 1.77. The fourth-order valence-electron chi connectivity index (χ4n) is 8.02. The topological polar surface area (TPSA) is 135 Å². The number of amides is 4. The number of carbonyl (C=O) groups excluding carboxylic acids is 4. The van der Waals surface area contributed by atoms with Crippen LogP contribution in [0.15, 0.2) is 88.9 Å². The number of hydrogen-bond acceptors (Lipinski definition) is 7. The molecule has 3 N–H and O–H groups in total. The van der Waals surface area contributed by atoms with E-state index in [1.807, 2.05) is 6.08 Å². The molecule has 4 aliphatic rings. The summed E-state index contributed by atoms with van der Waals surface area (Å²) in [4.78, 5) is 58.9. The summed E-state index contributed by atoms with van der Waals surface area (Å²) in [7, 11) is -1.77. The maximum atomic E-state index is 14.4. The summed E-state index contributed by atoms with van der Waals surface area (Å²) in [5.41, 5.74) is 0.802. The molecule has 6 atom stereocenters. The van der Waals surface area contributed by atoms with Gasteiger partial charge < -0.3 is 15.2 Å². The predicted molar refractivity (Wildman–Crippen MR) is 166 cm³/mol. The summed E-state index contributed by atoms with van der Waals surface area (Å²) < 4.78 is 0.683. The van der Waals surface area contributed by atoms with Crippen molar-refractivity contribution in [3.8, 4) is 5.75 Å². The number of carbonyl (C=O) groups is 4. The van der Waals surface area contributed by atoms with E-state index in [0.717, 1.165) is 10.5 Å². The van der Waals surface area contributed by atoms with Crippen LogP contribution in [0.25, 0.3) is 0 Å². The van der Waals surface area contributed by atoms with Crippen molar-refractivity contribution in [2.75, 3.05) is 9.80 Å². The molecule has 222 valence electrons. The second-order valence-corrected chi connectivity index (χ2v) is 13.1. The molecule has 1 saturated carbocycles. The van der Waals surface area contributed by atoms with E-state index < -0.39 is 53.9 Å². The molecule has 0 bridgehead atoms. The van der Waals surface area contributed by atoms with Crippen molar-refractivity contribution in [2.45, 2.75) is 25.7 Å². The van der Waals surface area contributed by atoms with Crippen LogP contribution in [0.2, 0.25) is 0 Å². The highest BCUT2D eigenvalue weighted by Gasteiger charge is 2.68. The van der Waals surface area contributed by atoms with Crippen molar-refractivity contribution in [1.82, 2.24) is 0 Å². The molecule has 2 aliphatic carbocycles. The van der Waals surface area contributed by atoms with Gasteiger partial charge in [-0.25, -0.2) is 4.90 Å². The smallest absolute Gasteiger partial charge is 0.488 e. The van der Waals surface area contributed by atoms with E-state index in [1.165, 1.54) is 17.0 Å². The van der Waals surface area contributed by atoms with E-state index in [-0.39, 0.29) is 41.6 Å². The van der Waals surface area contributed by atoms with Crippen molar-refractivity contribution in [1.29, 1.82) is 0 Å². The maximum absolute atomic E-state index is 14.4. The Bertz CT molecular complexity index is 1780. The van der Waals surface area contributed by atoms with Gasteiger partial charge in [0.2, 0.25) is 23.6 Å². The van der Waals surface area contributed by atoms with Gasteiger partial charge in [-0.2, -0.15) is 0 Å². The zero-order valence-corrected chi connectivity index (χ0v) is 25.2. The number of fused-ring (bicyclic) bond motifs is 4. The molecule has 0 unspecified atom stereocenters. The molecule has 11 heteroatoms. The van der Waals surface area contributed by atoms with E-state index in [1.54, 1.807) is 67.6 Å². The van der Waals surface area contributed by atoms with Crippen LogP contribution in [0.5, 0.6) is 5.75 Å². The first kappa shape index (κ1) is 28.7. The van der Waals surface area contributed by atoms with Crippen molar-refractivity contribution in [3.63, 3.8) is 0 Å². The van der Waals surface area contributed by atoms with Gasteiger partial charge in [-0.1, -0.05) is 57.9 Å². The lowest BCUT2D eigenvalue weighted by Gasteiger charge is -2.49. The predicted octanol–water partition coefficient (Wildman–Crippen LogP) is 3.27. The average molecular weight is 655 g/mol. The first-order chi connectivity index (χ1) is 21.0. The molecule has 3 aromatic carbocycles. The Labute approximate surface area is 262 Å². The highest BCUT2D eigenvalue weighted by Crippen LogP contribution is 2.64. The highest BCUT2D eigenvalue weighted by atomic mass is 79.9. The lowest BCUT2D eigenvalue weighted by atomic mass is 9.51. The first-order valence-corrected chi connectivity index (χ1v) is 15.3. The molecule has 44 heavy (non-hydrogen) atoms. The van der Waals surface area contributed by atoms with E-state index in [9.17, 15) is 34.3 Å². The Balaban J connectivity index is 1.37. The third kappa shape index (κ3) is 3.99. The van der Waals surface area contributed by atoms with Crippen molar-refractivity contribution in [3.05, 3.63) is 94.5 Å². The molecule has 3 aromatic rings. The Morgan fingerprint density at radius 2 is 1.57 bits per heavy atom. The number of hydrogen-bond donors (Lipinski definition) is 3. The molecule has 9 nitrogen and oxygen atoms in total. The zero-order valence-electron chi connectivity index (χ0n) is 23.6. The number of halogens is 1. The lowest BCUT2D eigenvalue weighted by molar-refractivity contribution is -0.131. The van der Waals surface area contributed by atoms with Gasteiger partial charge in [0.05, 0.1) is 34.5 Å². The van der Waals surface area contributed by atoms with Crippen LogP contribution in [0.1, 0.15) is 31.2 Å². The Morgan fingerprint density at radius 3 is 2.30 bits per heavy atom. The molecule has 0 aromatic heterocycles. The molecule has 0 spiro atoms. The molecule has 2 saturated heterocycles. The minimum atomic E-state index is -1.77. The van der Waals surface area contributed by atoms with Crippen LogP contribution in [0.4, 0.5) is 11.4 Å². The van der Waals surface area contributed by atoms with Gasteiger partial charge in [0.1, 0.15) is 5.75 Å². The number of nitrogens with zero attached hydrogens (tertiary/aromatic N) is 2. The van der Waals surface area contributed by atoms with Gasteiger partial charge in [0.15, 0.2) is 0 Å². The van der Waals surface area contributed by atoms with E-state index in [2.05, 4.69) is 15.9 Å². The van der Waals surface area contributed by atoms with E-state index in [0.29, 0.717) is 15.7 Å². The number of benzene rings is 3. The van der Waals surface area contributed by atoms with Crippen molar-refractivity contribution >= 4 is 63.5 Å². The number of phenolic OH excluding ortho intramolecular Hbond substituents is 1. The number of imide groups is 2. The van der Waals surface area contributed by atoms with Crippen molar-refractivity contribution < 1.29 is 34.3 Å². The van der Waals surface area contributed by atoms with Gasteiger partial charge in [-0.3, -0.25) is 24.1 Å². The molecular formula is C33H28BBrN2O7. The van der Waals surface area contributed by atoms with Crippen LogP contribution in [-0.4, -0.2) is 45.9 Å². The zero-order chi connectivity index (χ0) is 31.1. The second-order valence-electron chi connectivity index (χ2n) is 12.2. The van der Waals surface area contributed by atoms with Crippen LogP contribution in [0, 0.1) is 29.1 Å². The third-order valence-electron chi connectivity index (χ3n) is 10.0. The molecule has 4 amide bonds. The quantitative estimate of drug-likeness (QED) is 0.223. The SMILES string of the molecule is C[C@@]12C(=O)N(c3ccccc3)C(=O)[C@@H]1C[C@@H]1C(=CC[C@@H]3C(=O)N(c4cccc(B(O)O)c4)C(=O)[C@@H]31)[C@@H]2c1cc(Br)ccc1O. The number of para-hydroxylation sites is 1. The Hall–Kier alpha value is -4.06. The summed E-state index contributed by atoms with van der Waals surface area (Å²) in [6, 6.07) is 19.7. The number of rotatable bonds is 4.